The largest absolute Gasteiger partial charge is 0.465 e. The summed E-state index contributed by atoms with van der Waals surface area (Å²) in [4.78, 5) is 23.9. The molecule has 0 bridgehead atoms. The van der Waals surface area contributed by atoms with Crippen LogP contribution in [0.1, 0.15) is 59.3 Å². The van der Waals surface area contributed by atoms with Crippen molar-refractivity contribution >= 4 is 11.9 Å². The number of carbonyl (C=O) groups is 2. The van der Waals surface area contributed by atoms with Crippen molar-refractivity contribution in [1.82, 2.24) is 0 Å². The van der Waals surface area contributed by atoms with Gasteiger partial charge in [-0.1, -0.05) is 32.8 Å². The van der Waals surface area contributed by atoms with Crippen LogP contribution >= 0.6 is 0 Å². The number of ether oxygens (including phenoxy) is 2. The average Bonchev–Trinajstić information content (AvgIpc) is 2.83. The van der Waals surface area contributed by atoms with Crippen LogP contribution < -0.4 is 0 Å². The van der Waals surface area contributed by atoms with Gasteiger partial charge >= 0.3 is 11.9 Å². The number of hydrogen-bond donors (Lipinski definition) is 0. The van der Waals surface area contributed by atoms with Crippen molar-refractivity contribution in [3.05, 3.63) is 11.6 Å². The minimum atomic E-state index is -0.604. The van der Waals surface area contributed by atoms with Gasteiger partial charge in [0.25, 0.3) is 0 Å². The van der Waals surface area contributed by atoms with Gasteiger partial charge < -0.3 is 9.47 Å². The van der Waals surface area contributed by atoms with Gasteiger partial charge in [0, 0.05) is 5.57 Å². The van der Waals surface area contributed by atoms with Gasteiger partial charge in [-0.2, -0.15) is 0 Å². The van der Waals surface area contributed by atoms with E-state index in [2.05, 4.69) is 6.92 Å². The molecule has 0 spiro atoms. The molecule has 1 aliphatic rings. The Labute approximate surface area is 121 Å². The minimum Gasteiger partial charge on any atom is -0.465 e. The summed E-state index contributed by atoms with van der Waals surface area (Å²) in [6.45, 7) is 6.86. The first-order valence-electron chi connectivity index (χ1n) is 7.57. The fourth-order valence-electron chi connectivity index (χ4n) is 2.11. The zero-order valence-corrected chi connectivity index (χ0v) is 12.9. The normalized spacial score (nSPS) is 21.4. The van der Waals surface area contributed by atoms with Crippen LogP contribution in [-0.4, -0.2) is 25.2 Å². The number of hydrogen-bond acceptors (Lipinski definition) is 4. The lowest BCUT2D eigenvalue weighted by atomic mass is 9.87. The zero-order valence-electron chi connectivity index (χ0n) is 12.9. The molecule has 0 saturated heterocycles. The van der Waals surface area contributed by atoms with E-state index in [9.17, 15) is 9.59 Å². The van der Waals surface area contributed by atoms with E-state index in [1.165, 1.54) is 0 Å². The van der Waals surface area contributed by atoms with Crippen LogP contribution in [0, 0.1) is 5.41 Å². The Balaban J connectivity index is 2.42. The lowest BCUT2D eigenvalue weighted by Crippen LogP contribution is -2.28. The van der Waals surface area contributed by atoms with E-state index in [1.807, 2.05) is 19.9 Å². The van der Waals surface area contributed by atoms with Gasteiger partial charge in [-0.15, -0.1) is 0 Å². The van der Waals surface area contributed by atoms with E-state index in [0.29, 0.717) is 31.6 Å². The number of allylic oxidation sites excluding steroid dienone is 1. The lowest BCUT2D eigenvalue weighted by Gasteiger charge is -2.21. The molecule has 20 heavy (non-hydrogen) atoms. The third kappa shape index (κ3) is 4.66. The summed E-state index contributed by atoms with van der Waals surface area (Å²) in [5.74, 6) is -0.498. The van der Waals surface area contributed by atoms with Crippen molar-refractivity contribution in [3.8, 4) is 0 Å². The van der Waals surface area contributed by atoms with Gasteiger partial charge in [-0.05, 0) is 32.6 Å². The van der Waals surface area contributed by atoms with E-state index in [0.717, 1.165) is 25.7 Å². The molecule has 1 aliphatic carbocycles. The maximum Gasteiger partial charge on any atom is 0.333 e. The Morgan fingerprint density at radius 2 is 1.75 bits per heavy atom. The maximum atomic E-state index is 12.1. The van der Waals surface area contributed by atoms with Crippen LogP contribution in [0.15, 0.2) is 11.6 Å². The fraction of sp³-hybridized carbons (Fsp3) is 0.750. The molecule has 0 fully saturated rings. The zero-order chi connectivity index (χ0) is 15.0. The fourth-order valence-corrected chi connectivity index (χ4v) is 2.11. The van der Waals surface area contributed by atoms with Gasteiger partial charge in [-0.3, -0.25) is 4.79 Å². The van der Waals surface area contributed by atoms with Gasteiger partial charge in [0.2, 0.25) is 0 Å². The third-order valence-electron chi connectivity index (χ3n) is 3.60. The standard InChI is InChI=1S/C16H26O4/c1-4-6-10-19-14(17)13-8-9-16(3,12-13)15(18)20-11-7-5-2/h8H,4-7,9-12H2,1-3H3. The Kier molecular flexibility index (Phi) is 6.76. The Morgan fingerprint density at radius 1 is 1.15 bits per heavy atom. The van der Waals surface area contributed by atoms with E-state index >= 15 is 0 Å². The highest BCUT2D eigenvalue weighted by atomic mass is 16.5. The molecule has 4 heteroatoms. The molecule has 4 nitrogen and oxygen atoms in total. The highest BCUT2D eigenvalue weighted by Crippen LogP contribution is 2.38. The quantitative estimate of drug-likeness (QED) is 0.506. The van der Waals surface area contributed by atoms with Gasteiger partial charge in [0.15, 0.2) is 0 Å². The second-order valence-electron chi connectivity index (χ2n) is 5.65. The van der Waals surface area contributed by atoms with Crippen molar-refractivity contribution in [2.45, 2.75) is 59.3 Å². The summed E-state index contributed by atoms with van der Waals surface area (Å²) < 4.78 is 10.5. The summed E-state index contributed by atoms with van der Waals surface area (Å²) in [6.07, 6.45) is 6.52. The highest BCUT2D eigenvalue weighted by molar-refractivity contribution is 5.91. The van der Waals surface area contributed by atoms with Crippen LogP contribution in [0.4, 0.5) is 0 Å². The number of unbranched alkanes of at least 4 members (excludes halogenated alkanes) is 2. The Bertz CT molecular complexity index is 373. The molecule has 0 aromatic carbocycles. The Hall–Kier alpha value is -1.32. The van der Waals surface area contributed by atoms with Crippen molar-refractivity contribution < 1.29 is 19.1 Å². The summed E-state index contributed by atoms with van der Waals surface area (Å²) in [7, 11) is 0. The molecular formula is C16H26O4. The van der Waals surface area contributed by atoms with Crippen molar-refractivity contribution in [2.75, 3.05) is 13.2 Å². The van der Waals surface area contributed by atoms with Gasteiger partial charge in [-0.25, -0.2) is 4.79 Å². The number of esters is 2. The number of carbonyl (C=O) groups excluding carboxylic acids is 2. The lowest BCUT2D eigenvalue weighted by molar-refractivity contribution is -0.154. The maximum absolute atomic E-state index is 12.1. The predicted octanol–water partition coefficient (Wildman–Crippen LogP) is 3.40. The molecule has 114 valence electrons. The van der Waals surface area contributed by atoms with Crippen LogP contribution in [0.3, 0.4) is 0 Å². The smallest absolute Gasteiger partial charge is 0.333 e. The summed E-state index contributed by atoms with van der Waals surface area (Å²) in [5, 5.41) is 0. The molecule has 0 aliphatic heterocycles. The SMILES string of the molecule is CCCCOC(=O)C1=CCC(C)(C(=O)OCCCC)C1. The summed E-state index contributed by atoms with van der Waals surface area (Å²) in [6, 6.07) is 0. The van der Waals surface area contributed by atoms with Gasteiger partial charge in [0.1, 0.15) is 0 Å². The van der Waals surface area contributed by atoms with E-state index in [1.54, 1.807) is 0 Å². The van der Waals surface area contributed by atoms with E-state index < -0.39 is 5.41 Å². The third-order valence-corrected chi connectivity index (χ3v) is 3.60. The first-order valence-corrected chi connectivity index (χ1v) is 7.57. The van der Waals surface area contributed by atoms with Crippen LogP contribution in [0.25, 0.3) is 0 Å². The first-order chi connectivity index (χ1) is 9.53. The Morgan fingerprint density at radius 3 is 2.35 bits per heavy atom. The molecule has 1 rings (SSSR count). The topological polar surface area (TPSA) is 52.6 Å². The first kappa shape index (κ1) is 16.7. The van der Waals surface area contributed by atoms with Gasteiger partial charge in [0.05, 0.1) is 18.6 Å². The summed E-state index contributed by atoms with van der Waals surface area (Å²) >= 11 is 0. The molecular weight excluding hydrogens is 256 g/mol. The van der Waals surface area contributed by atoms with Crippen molar-refractivity contribution in [2.24, 2.45) is 5.41 Å². The van der Waals surface area contributed by atoms with Crippen LogP contribution in [-0.2, 0) is 19.1 Å². The van der Waals surface area contributed by atoms with Crippen molar-refractivity contribution in [3.63, 3.8) is 0 Å². The minimum absolute atomic E-state index is 0.210. The monoisotopic (exact) mass is 282 g/mol. The highest BCUT2D eigenvalue weighted by Gasteiger charge is 2.40. The molecule has 0 radical (unpaired) electrons. The predicted molar refractivity (Wildman–Crippen MR) is 77.2 cm³/mol. The average molecular weight is 282 g/mol. The molecule has 1 unspecified atom stereocenters. The van der Waals surface area contributed by atoms with Crippen molar-refractivity contribution in [1.29, 1.82) is 0 Å². The second-order valence-corrected chi connectivity index (χ2v) is 5.65. The van der Waals surface area contributed by atoms with Crippen LogP contribution in [0.5, 0.6) is 0 Å². The van der Waals surface area contributed by atoms with E-state index in [-0.39, 0.29) is 11.9 Å². The second kappa shape index (κ2) is 8.08. The van der Waals surface area contributed by atoms with Crippen LogP contribution in [0.2, 0.25) is 0 Å². The molecule has 0 saturated carbocycles. The summed E-state index contributed by atoms with van der Waals surface area (Å²) in [5.41, 5.74) is 0.00313. The number of rotatable bonds is 8. The molecule has 0 N–H and O–H groups in total. The molecule has 0 aromatic rings. The molecule has 0 aromatic heterocycles. The molecule has 0 amide bonds. The molecule has 1 atom stereocenters. The molecule has 0 heterocycles. The van der Waals surface area contributed by atoms with E-state index in [4.69, 9.17) is 9.47 Å².